The molecule has 2 fully saturated rings. The van der Waals surface area contributed by atoms with Gasteiger partial charge in [-0.25, -0.2) is 0 Å². The number of rotatable bonds is 6. The van der Waals surface area contributed by atoms with Crippen molar-refractivity contribution in [2.24, 2.45) is 10.4 Å². The molecule has 0 bridgehead atoms. The van der Waals surface area contributed by atoms with E-state index in [1.807, 2.05) is 19.2 Å². The van der Waals surface area contributed by atoms with Crippen LogP contribution < -0.4 is 19.5 Å². The second-order valence-electron chi connectivity index (χ2n) is 7.95. The third kappa shape index (κ3) is 4.31. The van der Waals surface area contributed by atoms with Crippen molar-refractivity contribution in [3.8, 4) is 17.2 Å². The van der Waals surface area contributed by atoms with Gasteiger partial charge >= 0.3 is 0 Å². The van der Waals surface area contributed by atoms with Gasteiger partial charge in [0.25, 0.3) is 0 Å². The Morgan fingerprint density at radius 1 is 1.04 bits per heavy atom. The van der Waals surface area contributed by atoms with Gasteiger partial charge in [-0.1, -0.05) is 25.3 Å². The average Bonchev–Trinajstić information content (AvgIpc) is 3.13. The monoisotopic (exact) mass is 389 g/mol. The van der Waals surface area contributed by atoms with Crippen molar-refractivity contribution < 1.29 is 14.2 Å². The van der Waals surface area contributed by atoms with Gasteiger partial charge in [0.1, 0.15) is 0 Å². The molecule has 1 saturated carbocycles. The van der Waals surface area contributed by atoms with Crippen LogP contribution in [0.2, 0.25) is 0 Å². The maximum absolute atomic E-state index is 5.60. The maximum atomic E-state index is 5.60. The van der Waals surface area contributed by atoms with Gasteiger partial charge in [-0.05, 0) is 37.2 Å². The van der Waals surface area contributed by atoms with Crippen molar-refractivity contribution in [1.82, 2.24) is 10.2 Å². The van der Waals surface area contributed by atoms with Crippen LogP contribution in [0.5, 0.6) is 17.2 Å². The molecule has 1 aliphatic heterocycles. The van der Waals surface area contributed by atoms with Crippen LogP contribution >= 0.6 is 0 Å². The van der Waals surface area contributed by atoms with E-state index in [4.69, 9.17) is 14.2 Å². The Hall–Kier alpha value is -2.11. The Morgan fingerprint density at radius 2 is 1.79 bits per heavy atom. The largest absolute Gasteiger partial charge is 0.493 e. The van der Waals surface area contributed by atoms with Crippen LogP contribution in [0.1, 0.15) is 44.1 Å². The van der Waals surface area contributed by atoms with E-state index in [1.165, 1.54) is 38.5 Å². The van der Waals surface area contributed by atoms with Crippen LogP contribution in [0, 0.1) is 5.41 Å². The molecular weight excluding hydrogens is 354 g/mol. The summed E-state index contributed by atoms with van der Waals surface area (Å²) in [5, 5.41) is 3.55. The van der Waals surface area contributed by atoms with Crippen LogP contribution in [0.25, 0.3) is 0 Å². The van der Waals surface area contributed by atoms with Crippen molar-refractivity contribution in [2.45, 2.75) is 44.9 Å². The van der Waals surface area contributed by atoms with Crippen LogP contribution in [0.4, 0.5) is 0 Å². The number of methoxy groups -OCH3 is 3. The first-order valence-electron chi connectivity index (χ1n) is 10.4. The summed E-state index contributed by atoms with van der Waals surface area (Å²) in [4.78, 5) is 6.98. The molecule has 1 aromatic rings. The van der Waals surface area contributed by atoms with Gasteiger partial charge in [-0.15, -0.1) is 0 Å². The molecule has 0 atom stereocenters. The molecule has 0 unspecified atom stereocenters. The van der Waals surface area contributed by atoms with E-state index in [-0.39, 0.29) is 0 Å². The van der Waals surface area contributed by atoms with Gasteiger partial charge in [-0.3, -0.25) is 4.99 Å². The van der Waals surface area contributed by atoms with Gasteiger partial charge < -0.3 is 24.4 Å². The smallest absolute Gasteiger partial charge is 0.203 e. The van der Waals surface area contributed by atoms with Crippen molar-refractivity contribution >= 4 is 5.96 Å². The third-order valence-corrected chi connectivity index (χ3v) is 6.33. The van der Waals surface area contributed by atoms with E-state index in [0.717, 1.165) is 43.3 Å². The fourth-order valence-corrected chi connectivity index (χ4v) is 4.83. The standard InChI is InChI=1S/C22H35N3O3/c1-23-21(25-15-13-22(16-25)11-6-5-7-12-22)24-14-10-17-8-9-18(26-2)20(28-4)19(17)27-3/h8-9H,5-7,10-16H2,1-4H3,(H,23,24). The maximum Gasteiger partial charge on any atom is 0.203 e. The number of ether oxygens (including phenoxy) is 3. The normalized spacial score (nSPS) is 19.0. The van der Waals surface area contributed by atoms with E-state index in [9.17, 15) is 0 Å². The first-order valence-corrected chi connectivity index (χ1v) is 10.4. The summed E-state index contributed by atoms with van der Waals surface area (Å²) in [6.07, 6.45) is 9.06. The molecule has 28 heavy (non-hydrogen) atoms. The van der Waals surface area contributed by atoms with Gasteiger partial charge in [0, 0.05) is 32.2 Å². The number of nitrogens with zero attached hydrogens (tertiary/aromatic N) is 2. The molecule has 0 aromatic heterocycles. The molecule has 1 aliphatic carbocycles. The van der Waals surface area contributed by atoms with Gasteiger partial charge in [0.2, 0.25) is 5.75 Å². The molecule has 2 aliphatic rings. The topological polar surface area (TPSA) is 55.3 Å². The molecule has 6 nitrogen and oxygen atoms in total. The number of aliphatic imine (C=N–C) groups is 1. The minimum absolute atomic E-state index is 0.530. The highest BCUT2D eigenvalue weighted by atomic mass is 16.5. The highest BCUT2D eigenvalue weighted by molar-refractivity contribution is 5.80. The van der Waals surface area contributed by atoms with Crippen LogP contribution in [-0.2, 0) is 6.42 Å². The molecule has 1 saturated heterocycles. The van der Waals surface area contributed by atoms with Gasteiger partial charge in [-0.2, -0.15) is 0 Å². The number of benzene rings is 1. The first-order chi connectivity index (χ1) is 13.7. The minimum Gasteiger partial charge on any atom is -0.493 e. The van der Waals surface area contributed by atoms with Crippen LogP contribution in [0.3, 0.4) is 0 Å². The summed E-state index contributed by atoms with van der Waals surface area (Å²) >= 11 is 0. The Kier molecular flexibility index (Phi) is 6.92. The molecule has 0 amide bonds. The zero-order valence-corrected chi connectivity index (χ0v) is 17.8. The number of guanidine groups is 1. The average molecular weight is 390 g/mol. The molecular formula is C22H35N3O3. The lowest BCUT2D eigenvalue weighted by atomic mass is 9.73. The highest BCUT2D eigenvalue weighted by Gasteiger charge is 2.39. The quantitative estimate of drug-likeness (QED) is 0.596. The molecule has 1 N–H and O–H groups in total. The first kappa shape index (κ1) is 20.6. The van der Waals surface area contributed by atoms with E-state index in [0.29, 0.717) is 16.9 Å². The van der Waals surface area contributed by atoms with E-state index in [1.54, 1.807) is 21.3 Å². The highest BCUT2D eigenvalue weighted by Crippen LogP contribution is 2.43. The summed E-state index contributed by atoms with van der Waals surface area (Å²) in [6, 6.07) is 3.97. The lowest BCUT2D eigenvalue weighted by Crippen LogP contribution is -2.42. The lowest BCUT2D eigenvalue weighted by molar-refractivity contribution is 0.203. The van der Waals surface area contributed by atoms with Crippen LogP contribution in [-0.4, -0.2) is 58.9 Å². The Morgan fingerprint density at radius 3 is 2.43 bits per heavy atom. The predicted octanol–water partition coefficient (Wildman–Crippen LogP) is 3.49. The second kappa shape index (κ2) is 9.39. The minimum atomic E-state index is 0.530. The zero-order valence-electron chi connectivity index (χ0n) is 17.8. The summed E-state index contributed by atoms with van der Waals surface area (Å²) in [5.74, 6) is 3.08. The molecule has 0 radical (unpaired) electrons. The van der Waals surface area contributed by atoms with Gasteiger partial charge in [0.05, 0.1) is 21.3 Å². The molecule has 6 heteroatoms. The van der Waals surface area contributed by atoms with E-state index < -0.39 is 0 Å². The number of hydrogen-bond acceptors (Lipinski definition) is 4. The van der Waals surface area contributed by atoms with Crippen molar-refractivity contribution in [3.05, 3.63) is 17.7 Å². The Balaban J connectivity index is 1.59. The molecule has 3 rings (SSSR count). The fourth-order valence-electron chi connectivity index (χ4n) is 4.83. The number of hydrogen-bond donors (Lipinski definition) is 1. The summed E-state index contributed by atoms with van der Waals surface area (Å²) < 4.78 is 16.5. The molecule has 1 spiro atoms. The molecule has 1 aromatic carbocycles. The summed E-state index contributed by atoms with van der Waals surface area (Å²) in [7, 11) is 6.82. The summed E-state index contributed by atoms with van der Waals surface area (Å²) in [6.45, 7) is 3.05. The number of nitrogens with one attached hydrogen (secondary N) is 1. The van der Waals surface area contributed by atoms with Gasteiger partial charge in [0.15, 0.2) is 17.5 Å². The zero-order chi connectivity index (χ0) is 20.0. The predicted molar refractivity (Wildman–Crippen MR) is 113 cm³/mol. The molecule has 1 heterocycles. The van der Waals surface area contributed by atoms with Crippen molar-refractivity contribution in [2.75, 3.05) is 48.0 Å². The van der Waals surface area contributed by atoms with Crippen LogP contribution in [0.15, 0.2) is 17.1 Å². The molecule has 156 valence electrons. The summed E-state index contributed by atoms with van der Waals surface area (Å²) in [5.41, 5.74) is 1.62. The number of likely N-dealkylation sites (tertiary alicyclic amines) is 1. The lowest BCUT2D eigenvalue weighted by Gasteiger charge is -2.33. The van der Waals surface area contributed by atoms with Crippen molar-refractivity contribution in [1.29, 1.82) is 0 Å². The van der Waals surface area contributed by atoms with E-state index >= 15 is 0 Å². The second-order valence-corrected chi connectivity index (χ2v) is 7.95. The Bertz CT molecular complexity index is 684. The van der Waals surface area contributed by atoms with Crippen molar-refractivity contribution in [3.63, 3.8) is 0 Å². The fraction of sp³-hybridized carbons (Fsp3) is 0.682. The third-order valence-electron chi connectivity index (χ3n) is 6.33. The van der Waals surface area contributed by atoms with E-state index in [2.05, 4.69) is 15.2 Å². The SMILES string of the molecule is CN=C(NCCc1ccc(OC)c(OC)c1OC)N1CCC2(CCCCC2)C1. The Labute approximate surface area is 169 Å².